The van der Waals surface area contributed by atoms with E-state index in [1.54, 1.807) is 0 Å². The SMILES string of the molecule is CCC(CC)C(=O)NC[C@@]1(O)CCOC1. The van der Waals surface area contributed by atoms with Crippen molar-refractivity contribution in [2.24, 2.45) is 5.92 Å². The maximum absolute atomic E-state index is 11.6. The van der Waals surface area contributed by atoms with E-state index in [0.29, 0.717) is 26.2 Å². The van der Waals surface area contributed by atoms with E-state index < -0.39 is 5.60 Å². The van der Waals surface area contributed by atoms with Crippen molar-refractivity contribution < 1.29 is 14.6 Å². The number of carbonyl (C=O) groups is 1. The molecule has 1 aliphatic rings. The average Bonchev–Trinajstić information content (AvgIpc) is 2.65. The Balaban J connectivity index is 2.32. The number of ether oxygens (including phenoxy) is 1. The quantitative estimate of drug-likeness (QED) is 0.709. The molecule has 0 unspecified atom stereocenters. The number of aliphatic hydroxyl groups is 1. The van der Waals surface area contributed by atoms with Gasteiger partial charge < -0.3 is 15.2 Å². The molecule has 1 aliphatic heterocycles. The second-order valence-corrected chi connectivity index (χ2v) is 4.26. The lowest BCUT2D eigenvalue weighted by Gasteiger charge is -2.22. The van der Waals surface area contributed by atoms with Gasteiger partial charge in [-0.25, -0.2) is 0 Å². The summed E-state index contributed by atoms with van der Waals surface area (Å²) in [6.07, 6.45) is 2.30. The van der Waals surface area contributed by atoms with Gasteiger partial charge in [-0.3, -0.25) is 4.79 Å². The standard InChI is InChI=1S/C11H21NO3/c1-3-9(4-2)10(13)12-7-11(14)5-6-15-8-11/h9,14H,3-8H2,1-2H3,(H,12,13)/t11-/m0/s1. The first-order valence-corrected chi connectivity index (χ1v) is 5.69. The molecule has 1 amide bonds. The van der Waals surface area contributed by atoms with E-state index in [9.17, 15) is 9.90 Å². The molecule has 0 aromatic rings. The average molecular weight is 215 g/mol. The molecule has 1 atom stereocenters. The fourth-order valence-electron chi connectivity index (χ4n) is 1.79. The van der Waals surface area contributed by atoms with Gasteiger partial charge in [-0.15, -0.1) is 0 Å². The minimum Gasteiger partial charge on any atom is -0.386 e. The van der Waals surface area contributed by atoms with Gasteiger partial charge in [0.15, 0.2) is 0 Å². The summed E-state index contributed by atoms with van der Waals surface area (Å²) in [4.78, 5) is 11.6. The molecule has 0 aromatic carbocycles. The topological polar surface area (TPSA) is 58.6 Å². The third-order valence-corrected chi connectivity index (χ3v) is 3.03. The van der Waals surface area contributed by atoms with Crippen LogP contribution in [0.4, 0.5) is 0 Å². The summed E-state index contributed by atoms with van der Waals surface area (Å²) in [6, 6.07) is 0. The zero-order valence-electron chi connectivity index (χ0n) is 9.58. The molecule has 1 saturated heterocycles. The van der Waals surface area contributed by atoms with Crippen molar-refractivity contribution in [3.8, 4) is 0 Å². The van der Waals surface area contributed by atoms with Crippen molar-refractivity contribution in [1.29, 1.82) is 0 Å². The molecule has 0 bridgehead atoms. The highest BCUT2D eigenvalue weighted by Crippen LogP contribution is 2.17. The largest absolute Gasteiger partial charge is 0.386 e. The van der Waals surface area contributed by atoms with Gasteiger partial charge in [0.05, 0.1) is 6.61 Å². The highest BCUT2D eigenvalue weighted by Gasteiger charge is 2.32. The molecule has 1 fully saturated rings. The summed E-state index contributed by atoms with van der Waals surface area (Å²) in [5.74, 6) is 0.108. The van der Waals surface area contributed by atoms with Crippen molar-refractivity contribution in [3.63, 3.8) is 0 Å². The van der Waals surface area contributed by atoms with Gasteiger partial charge in [0.1, 0.15) is 5.60 Å². The van der Waals surface area contributed by atoms with E-state index in [1.807, 2.05) is 13.8 Å². The zero-order valence-corrected chi connectivity index (χ0v) is 9.58. The normalized spacial score (nSPS) is 25.9. The second-order valence-electron chi connectivity index (χ2n) is 4.26. The number of nitrogens with one attached hydrogen (secondary N) is 1. The van der Waals surface area contributed by atoms with E-state index in [1.165, 1.54) is 0 Å². The molecule has 0 saturated carbocycles. The Morgan fingerprint density at radius 2 is 2.20 bits per heavy atom. The first-order chi connectivity index (χ1) is 7.11. The molecule has 0 radical (unpaired) electrons. The van der Waals surface area contributed by atoms with E-state index in [-0.39, 0.29) is 11.8 Å². The number of hydrogen-bond donors (Lipinski definition) is 2. The summed E-state index contributed by atoms with van der Waals surface area (Å²) in [6.45, 7) is 5.22. The summed E-state index contributed by atoms with van der Waals surface area (Å²) >= 11 is 0. The molecule has 1 rings (SSSR count). The Hall–Kier alpha value is -0.610. The summed E-state index contributed by atoms with van der Waals surface area (Å²) in [7, 11) is 0. The Labute approximate surface area is 91.0 Å². The van der Waals surface area contributed by atoms with Gasteiger partial charge in [-0.05, 0) is 12.8 Å². The Morgan fingerprint density at radius 3 is 2.67 bits per heavy atom. The van der Waals surface area contributed by atoms with E-state index in [4.69, 9.17) is 4.74 Å². The summed E-state index contributed by atoms with van der Waals surface area (Å²) in [5.41, 5.74) is -0.846. The zero-order chi connectivity index (χ0) is 11.3. The number of hydrogen-bond acceptors (Lipinski definition) is 3. The molecule has 15 heavy (non-hydrogen) atoms. The van der Waals surface area contributed by atoms with Crippen LogP contribution in [0, 0.1) is 5.92 Å². The third-order valence-electron chi connectivity index (χ3n) is 3.03. The van der Waals surface area contributed by atoms with Gasteiger partial charge in [0.2, 0.25) is 5.91 Å². The first-order valence-electron chi connectivity index (χ1n) is 5.69. The van der Waals surface area contributed by atoms with Crippen molar-refractivity contribution in [2.45, 2.75) is 38.7 Å². The lowest BCUT2D eigenvalue weighted by molar-refractivity contribution is -0.126. The van der Waals surface area contributed by atoms with E-state index in [0.717, 1.165) is 12.8 Å². The molecule has 1 heterocycles. The highest BCUT2D eigenvalue weighted by atomic mass is 16.5. The molecule has 2 N–H and O–H groups in total. The number of amides is 1. The van der Waals surface area contributed by atoms with Gasteiger partial charge in [0, 0.05) is 25.5 Å². The predicted octanol–water partition coefficient (Wildman–Crippen LogP) is 0.690. The first kappa shape index (κ1) is 12.5. The van der Waals surface area contributed by atoms with Gasteiger partial charge >= 0.3 is 0 Å². The highest BCUT2D eigenvalue weighted by molar-refractivity contribution is 5.78. The fourth-order valence-corrected chi connectivity index (χ4v) is 1.79. The Bertz CT molecular complexity index is 208. The van der Waals surface area contributed by atoms with E-state index in [2.05, 4.69) is 5.32 Å². The summed E-state index contributed by atoms with van der Waals surface area (Å²) in [5, 5.41) is 12.7. The lowest BCUT2D eigenvalue weighted by atomic mass is 10.0. The Kier molecular flexibility index (Phi) is 4.54. The molecule has 0 aromatic heterocycles. The van der Waals surface area contributed by atoms with Gasteiger partial charge in [-0.2, -0.15) is 0 Å². The minimum absolute atomic E-state index is 0.0420. The van der Waals surface area contributed by atoms with Crippen LogP contribution in [0.25, 0.3) is 0 Å². The van der Waals surface area contributed by atoms with Crippen LogP contribution in [-0.4, -0.2) is 36.4 Å². The van der Waals surface area contributed by atoms with Crippen LogP contribution in [0.5, 0.6) is 0 Å². The summed E-state index contributed by atoms with van der Waals surface area (Å²) < 4.78 is 5.10. The van der Waals surface area contributed by atoms with Crippen LogP contribution in [0.1, 0.15) is 33.1 Å². The van der Waals surface area contributed by atoms with E-state index >= 15 is 0 Å². The molecule has 0 spiro atoms. The maximum atomic E-state index is 11.6. The molecule has 88 valence electrons. The van der Waals surface area contributed by atoms with Crippen LogP contribution in [-0.2, 0) is 9.53 Å². The molecular weight excluding hydrogens is 194 g/mol. The Morgan fingerprint density at radius 1 is 1.53 bits per heavy atom. The predicted molar refractivity (Wildman–Crippen MR) is 57.5 cm³/mol. The van der Waals surface area contributed by atoms with Crippen LogP contribution in [0.3, 0.4) is 0 Å². The number of rotatable bonds is 5. The smallest absolute Gasteiger partial charge is 0.223 e. The van der Waals surface area contributed by atoms with Crippen molar-refractivity contribution in [2.75, 3.05) is 19.8 Å². The molecular formula is C11H21NO3. The lowest BCUT2D eigenvalue weighted by Crippen LogP contribution is -2.45. The van der Waals surface area contributed by atoms with Crippen LogP contribution in [0.2, 0.25) is 0 Å². The second kappa shape index (κ2) is 5.47. The van der Waals surface area contributed by atoms with Crippen LogP contribution >= 0.6 is 0 Å². The van der Waals surface area contributed by atoms with Gasteiger partial charge in [0.25, 0.3) is 0 Å². The molecule has 4 nitrogen and oxygen atoms in total. The molecule has 4 heteroatoms. The van der Waals surface area contributed by atoms with Crippen molar-refractivity contribution in [1.82, 2.24) is 5.32 Å². The molecule has 0 aliphatic carbocycles. The third kappa shape index (κ3) is 3.47. The van der Waals surface area contributed by atoms with Crippen molar-refractivity contribution in [3.05, 3.63) is 0 Å². The monoisotopic (exact) mass is 215 g/mol. The van der Waals surface area contributed by atoms with Gasteiger partial charge in [-0.1, -0.05) is 13.8 Å². The van der Waals surface area contributed by atoms with Crippen LogP contribution < -0.4 is 5.32 Å². The minimum atomic E-state index is -0.846. The van der Waals surface area contributed by atoms with Crippen LogP contribution in [0.15, 0.2) is 0 Å². The van der Waals surface area contributed by atoms with Crippen molar-refractivity contribution >= 4 is 5.91 Å². The number of carbonyl (C=O) groups excluding carboxylic acids is 1. The maximum Gasteiger partial charge on any atom is 0.223 e. The fraction of sp³-hybridized carbons (Fsp3) is 0.909.